The fraction of sp³-hybridized carbons (Fsp3) is 0.538. The van der Waals surface area contributed by atoms with E-state index in [4.69, 9.17) is 4.74 Å². The fourth-order valence-electron chi connectivity index (χ4n) is 2.08. The van der Waals surface area contributed by atoms with E-state index in [1.54, 1.807) is 0 Å². The summed E-state index contributed by atoms with van der Waals surface area (Å²) in [7, 11) is 0. The highest BCUT2D eigenvalue weighted by Crippen LogP contribution is 2.34. The minimum absolute atomic E-state index is 0.168. The van der Waals surface area contributed by atoms with Gasteiger partial charge in [-0.1, -0.05) is 20.3 Å². The molecule has 88 valence electrons. The Morgan fingerprint density at radius 1 is 1.56 bits per heavy atom. The van der Waals surface area contributed by atoms with Crippen molar-refractivity contribution in [3.8, 4) is 11.5 Å². The minimum atomic E-state index is -0.608. The average molecular weight is 224 g/mol. The number of phenolic OH excluding ortho intramolecular Hbond substituents is 1. The van der Waals surface area contributed by atoms with Gasteiger partial charge in [0.05, 0.1) is 0 Å². The minimum Gasteiger partial charge on any atom is -0.505 e. The van der Waals surface area contributed by atoms with Gasteiger partial charge < -0.3 is 9.84 Å². The lowest BCUT2D eigenvalue weighted by atomic mass is 9.93. The van der Waals surface area contributed by atoms with E-state index in [0.717, 1.165) is 24.8 Å². The zero-order chi connectivity index (χ0) is 11.7. The summed E-state index contributed by atoms with van der Waals surface area (Å²) in [5, 5.41) is 9.27. The molecule has 0 radical (unpaired) electrons. The Hall–Kier alpha value is -1.25. The summed E-state index contributed by atoms with van der Waals surface area (Å²) in [5.41, 5.74) is 0.901. The van der Waals surface area contributed by atoms with Crippen LogP contribution in [0.1, 0.15) is 32.3 Å². The molecule has 0 saturated carbocycles. The van der Waals surface area contributed by atoms with Gasteiger partial charge in [-0.15, -0.1) is 0 Å². The molecule has 0 aliphatic carbocycles. The van der Waals surface area contributed by atoms with E-state index in [2.05, 4.69) is 13.8 Å². The van der Waals surface area contributed by atoms with Crippen LogP contribution in [0.2, 0.25) is 0 Å². The number of benzene rings is 1. The SMILES string of the molecule is CCC(C)[C@@H]1CCc2cc(O)c(F)cc2O1. The van der Waals surface area contributed by atoms with Crippen LogP contribution in [-0.4, -0.2) is 11.2 Å². The Labute approximate surface area is 95.1 Å². The van der Waals surface area contributed by atoms with Crippen molar-refractivity contribution in [2.75, 3.05) is 0 Å². The molecule has 2 nitrogen and oxygen atoms in total. The summed E-state index contributed by atoms with van der Waals surface area (Å²) in [6, 6.07) is 2.76. The molecule has 0 amide bonds. The van der Waals surface area contributed by atoms with Crippen molar-refractivity contribution in [1.82, 2.24) is 0 Å². The number of halogens is 1. The smallest absolute Gasteiger partial charge is 0.168 e. The zero-order valence-electron chi connectivity index (χ0n) is 9.66. The van der Waals surface area contributed by atoms with Gasteiger partial charge in [-0.05, 0) is 30.4 Å². The first-order valence-electron chi connectivity index (χ1n) is 5.79. The van der Waals surface area contributed by atoms with Crippen LogP contribution in [0.5, 0.6) is 11.5 Å². The average Bonchev–Trinajstić information content (AvgIpc) is 2.29. The number of aromatic hydroxyl groups is 1. The molecule has 1 aromatic rings. The second-order valence-corrected chi connectivity index (χ2v) is 4.49. The number of aryl methyl sites for hydroxylation is 1. The molecular formula is C13H17FO2. The molecule has 1 aromatic carbocycles. The van der Waals surface area contributed by atoms with Crippen molar-refractivity contribution in [2.45, 2.75) is 39.2 Å². The molecule has 0 spiro atoms. The standard InChI is InChI=1S/C13H17FO2/c1-3-8(2)12-5-4-9-6-11(15)10(14)7-13(9)16-12/h6-8,12,15H,3-5H2,1-2H3/t8?,12-/m0/s1. The molecule has 0 bridgehead atoms. The molecule has 2 rings (SSSR count). The van der Waals surface area contributed by atoms with E-state index in [0.29, 0.717) is 11.7 Å². The molecule has 0 fully saturated rings. The normalized spacial score (nSPS) is 21.1. The molecule has 1 unspecified atom stereocenters. The first kappa shape index (κ1) is 11.2. The van der Waals surface area contributed by atoms with Crippen LogP contribution in [0.4, 0.5) is 4.39 Å². The highest BCUT2D eigenvalue weighted by Gasteiger charge is 2.25. The quantitative estimate of drug-likeness (QED) is 0.835. The Balaban J connectivity index is 2.23. The fourth-order valence-corrected chi connectivity index (χ4v) is 2.08. The summed E-state index contributed by atoms with van der Waals surface area (Å²) < 4.78 is 19.0. The van der Waals surface area contributed by atoms with Crippen molar-refractivity contribution in [3.05, 3.63) is 23.5 Å². The monoisotopic (exact) mass is 224 g/mol. The van der Waals surface area contributed by atoms with E-state index in [-0.39, 0.29) is 11.9 Å². The first-order valence-corrected chi connectivity index (χ1v) is 5.79. The third kappa shape index (κ3) is 1.99. The molecule has 3 heteroatoms. The lowest BCUT2D eigenvalue weighted by Gasteiger charge is -2.30. The van der Waals surface area contributed by atoms with Crippen molar-refractivity contribution < 1.29 is 14.2 Å². The number of fused-ring (bicyclic) bond motifs is 1. The Morgan fingerprint density at radius 2 is 2.31 bits per heavy atom. The van der Waals surface area contributed by atoms with E-state index in [1.165, 1.54) is 12.1 Å². The largest absolute Gasteiger partial charge is 0.505 e. The van der Waals surface area contributed by atoms with Gasteiger partial charge in [0.25, 0.3) is 0 Å². The van der Waals surface area contributed by atoms with E-state index < -0.39 is 5.82 Å². The molecule has 0 saturated heterocycles. The zero-order valence-corrected chi connectivity index (χ0v) is 9.66. The Kier molecular flexibility index (Phi) is 3.03. The van der Waals surface area contributed by atoms with Crippen LogP contribution in [-0.2, 0) is 6.42 Å². The summed E-state index contributed by atoms with van der Waals surface area (Å²) >= 11 is 0. The predicted octanol–water partition coefficient (Wildman–Crippen LogP) is 3.27. The number of phenols is 1. The molecule has 1 heterocycles. The molecule has 2 atom stereocenters. The van der Waals surface area contributed by atoms with E-state index in [9.17, 15) is 9.50 Å². The summed E-state index contributed by atoms with van der Waals surface area (Å²) in [4.78, 5) is 0. The van der Waals surface area contributed by atoms with Crippen molar-refractivity contribution in [2.24, 2.45) is 5.92 Å². The van der Waals surface area contributed by atoms with Crippen molar-refractivity contribution in [1.29, 1.82) is 0 Å². The maximum atomic E-state index is 13.2. The topological polar surface area (TPSA) is 29.5 Å². The molecule has 1 aliphatic rings. The second-order valence-electron chi connectivity index (χ2n) is 4.49. The molecule has 1 aliphatic heterocycles. The van der Waals surface area contributed by atoms with Crippen LogP contribution in [0, 0.1) is 11.7 Å². The van der Waals surface area contributed by atoms with Gasteiger partial charge >= 0.3 is 0 Å². The number of hydrogen-bond donors (Lipinski definition) is 1. The summed E-state index contributed by atoms with van der Waals surface area (Å²) in [6.45, 7) is 4.27. The van der Waals surface area contributed by atoms with Crippen LogP contribution >= 0.6 is 0 Å². The van der Waals surface area contributed by atoms with Gasteiger partial charge in [-0.3, -0.25) is 0 Å². The number of ether oxygens (including phenoxy) is 1. The lowest BCUT2D eigenvalue weighted by molar-refractivity contribution is 0.116. The molecule has 16 heavy (non-hydrogen) atoms. The number of hydrogen-bond acceptors (Lipinski definition) is 2. The highest BCUT2D eigenvalue weighted by molar-refractivity contribution is 5.42. The Bertz CT molecular complexity index is 390. The van der Waals surface area contributed by atoms with Crippen molar-refractivity contribution >= 4 is 0 Å². The predicted molar refractivity (Wildman–Crippen MR) is 60.3 cm³/mol. The van der Waals surface area contributed by atoms with Crippen LogP contribution < -0.4 is 4.74 Å². The third-order valence-corrected chi connectivity index (χ3v) is 3.39. The number of rotatable bonds is 2. The van der Waals surface area contributed by atoms with Gasteiger partial charge in [-0.25, -0.2) is 4.39 Å². The van der Waals surface area contributed by atoms with Crippen LogP contribution in [0.25, 0.3) is 0 Å². The van der Waals surface area contributed by atoms with Crippen LogP contribution in [0.15, 0.2) is 12.1 Å². The van der Waals surface area contributed by atoms with E-state index in [1.807, 2.05) is 0 Å². The van der Waals surface area contributed by atoms with E-state index >= 15 is 0 Å². The second kappa shape index (κ2) is 4.32. The Morgan fingerprint density at radius 3 is 3.00 bits per heavy atom. The summed E-state index contributed by atoms with van der Waals surface area (Å²) in [6.07, 6.45) is 3.01. The first-order chi connectivity index (χ1) is 7.61. The highest BCUT2D eigenvalue weighted by atomic mass is 19.1. The maximum Gasteiger partial charge on any atom is 0.168 e. The molecule has 1 N–H and O–H groups in total. The molecular weight excluding hydrogens is 207 g/mol. The van der Waals surface area contributed by atoms with Crippen molar-refractivity contribution in [3.63, 3.8) is 0 Å². The third-order valence-electron chi connectivity index (χ3n) is 3.39. The van der Waals surface area contributed by atoms with Gasteiger partial charge in [0.1, 0.15) is 11.9 Å². The molecule has 0 aromatic heterocycles. The summed E-state index contributed by atoms with van der Waals surface area (Å²) in [5.74, 6) is 0.171. The van der Waals surface area contributed by atoms with Crippen LogP contribution in [0.3, 0.4) is 0 Å². The van der Waals surface area contributed by atoms with Gasteiger partial charge in [0, 0.05) is 6.07 Å². The maximum absolute atomic E-state index is 13.2. The lowest BCUT2D eigenvalue weighted by Crippen LogP contribution is -2.29. The van der Waals surface area contributed by atoms with Gasteiger partial charge in [-0.2, -0.15) is 0 Å². The van der Waals surface area contributed by atoms with Gasteiger partial charge in [0.15, 0.2) is 11.6 Å². The van der Waals surface area contributed by atoms with Gasteiger partial charge in [0.2, 0.25) is 0 Å².